The van der Waals surface area contributed by atoms with E-state index in [1.54, 1.807) is 0 Å². The molecule has 1 N–H and O–H groups in total. The van der Waals surface area contributed by atoms with Gasteiger partial charge >= 0.3 is 0 Å². The summed E-state index contributed by atoms with van der Waals surface area (Å²) in [6, 6.07) is 0. The summed E-state index contributed by atoms with van der Waals surface area (Å²) in [6.07, 6.45) is 7.45. The van der Waals surface area contributed by atoms with Crippen LogP contribution in [0.4, 0.5) is 0 Å². The average molecular weight is 139 g/mol. The number of hydrogen-bond donors (Lipinski definition) is 1. The van der Waals surface area contributed by atoms with Gasteiger partial charge in [-0.05, 0) is 37.8 Å². The number of hydrogen-bond acceptors (Lipinski definition) is 1. The molecule has 1 nitrogen and oxygen atoms in total. The summed E-state index contributed by atoms with van der Waals surface area (Å²) in [5.74, 6) is 2.19. The summed E-state index contributed by atoms with van der Waals surface area (Å²) < 4.78 is 0. The summed E-state index contributed by atoms with van der Waals surface area (Å²) in [7, 11) is 0. The van der Waals surface area contributed by atoms with Gasteiger partial charge < -0.3 is 5.32 Å². The predicted molar refractivity (Wildman–Crippen MR) is 42.9 cm³/mol. The van der Waals surface area contributed by atoms with Gasteiger partial charge in [0.25, 0.3) is 0 Å². The first-order valence-electron chi connectivity index (χ1n) is 4.67. The van der Waals surface area contributed by atoms with Gasteiger partial charge in [-0.3, -0.25) is 0 Å². The van der Waals surface area contributed by atoms with E-state index in [9.17, 15) is 0 Å². The maximum absolute atomic E-state index is 3.48. The van der Waals surface area contributed by atoms with E-state index in [0.29, 0.717) is 0 Å². The molecule has 0 amide bonds. The minimum atomic E-state index is 1.09. The van der Waals surface area contributed by atoms with E-state index < -0.39 is 0 Å². The number of rotatable bonds is 0. The SMILES string of the molecule is C1CC2CCNCCC2C1. The van der Waals surface area contributed by atoms with E-state index in [1.807, 2.05) is 0 Å². The third-order valence-electron chi connectivity index (χ3n) is 3.20. The normalized spacial score (nSPS) is 40.8. The summed E-state index contributed by atoms with van der Waals surface area (Å²) in [4.78, 5) is 0. The van der Waals surface area contributed by atoms with Crippen molar-refractivity contribution >= 4 is 0 Å². The minimum absolute atomic E-state index is 1.09. The molecule has 1 saturated heterocycles. The maximum Gasteiger partial charge on any atom is -0.00462 e. The molecule has 1 heterocycles. The van der Waals surface area contributed by atoms with Gasteiger partial charge in [-0.15, -0.1) is 0 Å². The highest BCUT2D eigenvalue weighted by atomic mass is 14.9. The van der Waals surface area contributed by atoms with Crippen molar-refractivity contribution in [2.45, 2.75) is 32.1 Å². The lowest BCUT2D eigenvalue weighted by molar-refractivity contribution is 0.378. The highest BCUT2D eigenvalue weighted by molar-refractivity contribution is 4.80. The van der Waals surface area contributed by atoms with Crippen LogP contribution in [0.25, 0.3) is 0 Å². The van der Waals surface area contributed by atoms with Gasteiger partial charge in [-0.25, -0.2) is 0 Å². The first-order chi connectivity index (χ1) is 4.97. The first kappa shape index (κ1) is 6.66. The van der Waals surface area contributed by atoms with Crippen molar-refractivity contribution in [2.24, 2.45) is 11.8 Å². The smallest absolute Gasteiger partial charge is 0.00462 e. The molecule has 0 aromatic heterocycles. The van der Waals surface area contributed by atoms with E-state index in [-0.39, 0.29) is 0 Å². The van der Waals surface area contributed by atoms with Crippen molar-refractivity contribution < 1.29 is 0 Å². The third-order valence-corrected chi connectivity index (χ3v) is 3.20. The fourth-order valence-electron chi connectivity index (χ4n) is 2.57. The Hall–Kier alpha value is -0.0400. The Morgan fingerprint density at radius 3 is 2.00 bits per heavy atom. The van der Waals surface area contributed by atoms with Crippen molar-refractivity contribution in [2.75, 3.05) is 13.1 Å². The lowest BCUT2D eigenvalue weighted by Gasteiger charge is -2.13. The van der Waals surface area contributed by atoms with E-state index in [1.165, 1.54) is 45.2 Å². The molecule has 0 spiro atoms. The molecular formula is C9H17N. The second-order valence-corrected chi connectivity index (χ2v) is 3.78. The second kappa shape index (κ2) is 2.91. The Morgan fingerprint density at radius 2 is 1.40 bits per heavy atom. The van der Waals surface area contributed by atoms with Gasteiger partial charge in [0.05, 0.1) is 0 Å². The largest absolute Gasteiger partial charge is 0.317 e. The molecule has 2 unspecified atom stereocenters. The van der Waals surface area contributed by atoms with E-state index >= 15 is 0 Å². The summed E-state index contributed by atoms with van der Waals surface area (Å²) >= 11 is 0. The van der Waals surface area contributed by atoms with E-state index in [2.05, 4.69) is 5.32 Å². The molecule has 0 bridgehead atoms. The first-order valence-corrected chi connectivity index (χ1v) is 4.67. The highest BCUT2D eigenvalue weighted by Crippen LogP contribution is 2.36. The fourth-order valence-corrected chi connectivity index (χ4v) is 2.57. The molecule has 2 fully saturated rings. The number of nitrogens with one attached hydrogen (secondary N) is 1. The van der Waals surface area contributed by atoms with Crippen molar-refractivity contribution in [3.8, 4) is 0 Å². The summed E-state index contributed by atoms with van der Waals surface area (Å²) in [6.45, 7) is 2.56. The van der Waals surface area contributed by atoms with Crippen LogP contribution in [0.3, 0.4) is 0 Å². The van der Waals surface area contributed by atoms with Crippen LogP contribution in [0.2, 0.25) is 0 Å². The highest BCUT2D eigenvalue weighted by Gasteiger charge is 2.27. The van der Waals surface area contributed by atoms with Crippen LogP contribution in [0.1, 0.15) is 32.1 Å². The molecule has 2 rings (SSSR count). The van der Waals surface area contributed by atoms with Crippen LogP contribution < -0.4 is 5.32 Å². The zero-order valence-electron chi connectivity index (χ0n) is 6.60. The standard InChI is InChI=1S/C9H17N/c1-2-8-4-6-10-7-5-9(8)3-1/h8-10H,1-7H2. The quantitative estimate of drug-likeness (QED) is 0.539. The van der Waals surface area contributed by atoms with Crippen LogP contribution in [0, 0.1) is 11.8 Å². The van der Waals surface area contributed by atoms with Gasteiger partial charge in [0.2, 0.25) is 0 Å². The Labute approximate surface area is 63.2 Å². The average Bonchev–Trinajstić information content (AvgIpc) is 2.28. The maximum atomic E-state index is 3.48. The second-order valence-electron chi connectivity index (χ2n) is 3.78. The van der Waals surface area contributed by atoms with Gasteiger partial charge in [-0.1, -0.05) is 19.3 Å². The monoisotopic (exact) mass is 139 g/mol. The Bertz CT molecular complexity index is 99.3. The van der Waals surface area contributed by atoms with Crippen molar-refractivity contribution in [3.05, 3.63) is 0 Å². The van der Waals surface area contributed by atoms with Gasteiger partial charge in [0, 0.05) is 0 Å². The lowest BCUT2D eigenvalue weighted by atomic mass is 9.92. The van der Waals surface area contributed by atoms with Crippen LogP contribution in [-0.4, -0.2) is 13.1 Å². The molecule has 10 heavy (non-hydrogen) atoms. The lowest BCUT2D eigenvalue weighted by Crippen LogP contribution is -2.14. The van der Waals surface area contributed by atoms with Gasteiger partial charge in [0.15, 0.2) is 0 Å². The van der Waals surface area contributed by atoms with E-state index in [0.717, 1.165) is 11.8 Å². The van der Waals surface area contributed by atoms with Crippen LogP contribution in [0.5, 0.6) is 0 Å². The summed E-state index contributed by atoms with van der Waals surface area (Å²) in [5.41, 5.74) is 0. The molecule has 58 valence electrons. The molecule has 1 saturated carbocycles. The zero-order valence-corrected chi connectivity index (χ0v) is 6.60. The predicted octanol–water partition coefficient (Wildman–Crippen LogP) is 1.79. The van der Waals surface area contributed by atoms with Crippen molar-refractivity contribution in [3.63, 3.8) is 0 Å². The minimum Gasteiger partial charge on any atom is -0.317 e. The number of fused-ring (bicyclic) bond motifs is 1. The molecule has 1 aliphatic carbocycles. The molecule has 0 radical (unpaired) electrons. The molecule has 1 aliphatic heterocycles. The molecule has 2 atom stereocenters. The molecule has 1 heteroatoms. The molecular weight excluding hydrogens is 122 g/mol. The Balaban J connectivity index is 1.95. The van der Waals surface area contributed by atoms with Gasteiger partial charge in [0.1, 0.15) is 0 Å². The van der Waals surface area contributed by atoms with Crippen LogP contribution >= 0.6 is 0 Å². The topological polar surface area (TPSA) is 12.0 Å². The van der Waals surface area contributed by atoms with Gasteiger partial charge in [-0.2, -0.15) is 0 Å². The Kier molecular flexibility index (Phi) is 1.94. The summed E-state index contributed by atoms with van der Waals surface area (Å²) in [5, 5.41) is 3.48. The molecule has 2 aliphatic rings. The van der Waals surface area contributed by atoms with Crippen molar-refractivity contribution in [1.29, 1.82) is 0 Å². The van der Waals surface area contributed by atoms with Crippen molar-refractivity contribution in [1.82, 2.24) is 5.32 Å². The fraction of sp³-hybridized carbons (Fsp3) is 1.00. The van der Waals surface area contributed by atoms with E-state index in [4.69, 9.17) is 0 Å². The Morgan fingerprint density at radius 1 is 0.800 bits per heavy atom. The van der Waals surface area contributed by atoms with Crippen LogP contribution in [0.15, 0.2) is 0 Å². The van der Waals surface area contributed by atoms with Crippen LogP contribution in [-0.2, 0) is 0 Å². The zero-order chi connectivity index (χ0) is 6.81. The third kappa shape index (κ3) is 1.20. The molecule has 0 aromatic carbocycles. The molecule has 0 aromatic rings.